The van der Waals surface area contributed by atoms with Crippen LogP contribution in [0.3, 0.4) is 0 Å². The summed E-state index contributed by atoms with van der Waals surface area (Å²) in [6, 6.07) is 0.0521. The molecule has 0 saturated carbocycles. The highest BCUT2D eigenvalue weighted by atomic mass is 35.5. The molecule has 2 aliphatic heterocycles. The number of piperidine rings is 1. The predicted molar refractivity (Wildman–Crippen MR) is 79.7 cm³/mol. The fourth-order valence-corrected chi connectivity index (χ4v) is 5.14. The van der Waals surface area contributed by atoms with Crippen molar-refractivity contribution in [1.29, 1.82) is 0 Å². The molecule has 0 bridgehead atoms. The lowest BCUT2D eigenvalue weighted by atomic mass is 9.94. The number of nitrogens with zero attached hydrogens (tertiary/aromatic N) is 2. The summed E-state index contributed by atoms with van der Waals surface area (Å²) in [7, 11) is -3.27. The number of halogens is 1. The second-order valence-electron chi connectivity index (χ2n) is 5.93. The molecule has 0 aromatic heterocycles. The Morgan fingerprint density at radius 3 is 2.21 bits per heavy atom. The van der Waals surface area contributed by atoms with Crippen LogP contribution in [-0.2, 0) is 10.2 Å². The third-order valence-corrected chi connectivity index (χ3v) is 5.98. The van der Waals surface area contributed by atoms with Gasteiger partial charge in [0.15, 0.2) is 0 Å². The van der Waals surface area contributed by atoms with E-state index in [0.29, 0.717) is 31.5 Å². The maximum Gasteiger partial charge on any atom is 0.282 e. The highest BCUT2D eigenvalue weighted by molar-refractivity contribution is 7.86. The molecule has 2 rings (SSSR count). The number of rotatable bonds is 2. The second-order valence-corrected chi connectivity index (χ2v) is 7.82. The molecule has 2 saturated heterocycles. The average molecular weight is 312 g/mol. The van der Waals surface area contributed by atoms with Crippen LogP contribution in [0.15, 0.2) is 0 Å². The highest BCUT2D eigenvalue weighted by Crippen LogP contribution is 2.25. The third-order valence-electron chi connectivity index (χ3n) is 3.90. The van der Waals surface area contributed by atoms with Gasteiger partial charge in [0, 0.05) is 38.8 Å². The molecule has 2 aliphatic rings. The first-order valence-electron chi connectivity index (χ1n) is 6.89. The lowest BCUT2D eigenvalue weighted by Crippen LogP contribution is -2.58. The lowest BCUT2D eigenvalue weighted by Gasteiger charge is -2.40. The molecule has 2 unspecified atom stereocenters. The van der Waals surface area contributed by atoms with Gasteiger partial charge in [-0.25, -0.2) is 0 Å². The van der Waals surface area contributed by atoms with Crippen molar-refractivity contribution in [2.45, 2.75) is 33.2 Å². The van der Waals surface area contributed by atoms with Crippen molar-refractivity contribution >= 4 is 22.6 Å². The molecule has 2 fully saturated rings. The van der Waals surface area contributed by atoms with Crippen LogP contribution in [0, 0.1) is 11.8 Å². The molecular weight excluding hydrogens is 286 g/mol. The lowest BCUT2D eigenvalue weighted by molar-refractivity contribution is 0.194. The third kappa shape index (κ3) is 3.82. The summed E-state index contributed by atoms with van der Waals surface area (Å²) < 4.78 is 28.7. The molecule has 0 spiro atoms. The Hall–Kier alpha value is 0.120. The van der Waals surface area contributed by atoms with Crippen LogP contribution < -0.4 is 5.32 Å². The quantitative estimate of drug-likeness (QED) is 0.825. The Kier molecular flexibility index (Phi) is 6.07. The van der Waals surface area contributed by atoms with Crippen molar-refractivity contribution in [3.63, 3.8) is 0 Å². The van der Waals surface area contributed by atoms with Gasteiger partial charge >= 0.3 is 0 Å². The first kappa shape index (κ1) is 17.2. The Bertz CT molecular complexity index is 380. The average Bonchev–Trinajstić information content (AvgIpc) is 2.28. The van der Waals surface area contributed by atoms with Gasteiger partial charge in [0.1, 0.15) is 0 Å². The fourth-order valence-electron chi connectivity index (χ4n) is 3.11. The monoisotopic (exact) mass is 311 g/mol. The minimum absolute atomic E-state index is 0. The van der Waals surface area contributed by atoms with E-state index in [4.69, 9.17) is 0 Å². The number of piperazine rings is 1. The first-order chi connectivity index (χ1) is 8.41. The smallest absolute Gasteiger partial charge is 0.282 e. The molecule has 0 aliphatic carbocycles. The molecule has 0 radical (unpaired) electrons. The minimum Gasteiger partial charge on any atom is -0.314 e. The summed E-state index contributed by atoms with van der Waals surface area (Å²) in [4.78, 5) is 0. The van der Waals surface area contributed by atoms with Crippen LogP contribution in [0.4, 0.5) is 0 Å². The molecule has 0 aromatic rings. The zero-order valence-electron chi connectivity index (χ0n) is 12.0. The van der Waals surface area contributed by atoms with Crippen LogP contribution in [0.5, 0.6) is 0 Å². The van der Waals surface area contributed by atoms with Gasteiger partial charge in [-0.3, -0.25) is 0 Å². The summed E-state index contributed by atoms with van der Waals surface area (Å²) in [5.41, 5.74) is 0. The molecule has 2 heterocycles. The maximum absolute atomic E-state index is 12.7. The van der Waals surface area contributed by atoms with Crippen LogP contribution in [0.2, 0.25) is 0 Å². The Labute approximate surface area is 123 Å². The van der Waals surface area contributed by atoms with Gasteiger partial charge in [-0.1, -0.05) is 13.8 Å². The molecule has 5 nitrogen and oxygen atoms in total. The number of hydrogen-bond acceptors (Lipinski definition) is 3. The summed E-state index contributed by atoms with van der Waals surface area (Å²) >= 11 is 0. The normalized spacial score (nSPS) is 34.8. The Balaban J connectivity index is 0.00000180. The predicted octanol–water partition coefficient (Wildman–Crippen LogP) is 0.925. The van der Waals surface area contributed by atoms with E-state index >= 15 is 0 Å². The Morgan fingerprint density at radius 1 is 1.11 bits per heavy atom. The van der Waals surface area contributed by atoms with E-state index in [1.807, 2.05) is 6.92 Å². The van der Waals surface area contributed by atoms with Crippen molar-refractivity contribution < 1.29 is 8.42 Å². The minimum atomic E-state index is -3.27. The Morgan fingerprint density at radius 2 is 1.68 bits per heavy atom. The zero-order chi connectivity index (χ0) is 13.3. The van der Waals surface area contributed by atoms with E-state index in [2.05, 4.69) is 19.2 Å². The molecule has 0 amide bonds. The SMILES string of the molecule is CC1CC(C)CN(S(=O)(=O)N2CCNC[C@@H]2C)C1.Cl. The topological polar surface area (TPSA) is 52.7 Å². The van der Waals surface area contributed by atoms with E-state index in [9.17, 15) is 8.42 Å². The van der Waals surface area contributed by atoms with Crippen LogP contribution in [-0.4, -0.2) is 55.8 Å². The van der Waals surface area contributed by atoms with Gasteiger partial charge in [-0.2, -0.15) is 17.0 Å². The van der Waals surface area contributed by atoms with Gasteiger partial charge in [0.25, 0.3) is 10.2 Å². The summed E-state index contributed by atoms with van der Waals surface area (Å²) in [6.07, 6.45) is 1.13. The van der Waals surface area contributed by atoms with Gasteiger partial charge in [-0.15, -0.1) is 12.4 Å². The van der Waals surface area contributed by atoms with Crippen LogP contribution >= 0.6 is 12.4 Å². The molecular formula is C12H26ClN3O2S. The number of nitrogens with one attached hydrogen (secondary N) is 1. The molecule has 3 atom stereocenters. The van der Waals surface area contributed by atoms with Crippen molar-refractivity contribution in [1.82, 2.24) is 13.9 Å². The molecule has 0 aromatic carbocycles. The molecule has 19 heavy (non-hydrogen) atoms. The largest absolute Gasteiger partial charge is 0.314 e. The van der Waals surface area contributed by atoms with Crippen molar-refractivity contribution in [3.05, 3.63) is 0 Å². The van der Waals surface area contributed by atoms with E-state index < -0.39 is 10.2 Å². The first-order valence-corrected chi connectivity index (χ1v) is 8.28. The number of hydrogen-bond donors (Lipinski definition) is 1. The second kappa shape index (κ2) is 6.72. The highest BCUT2D eigenvalue weighted by Gasteiger charge is 2.37. The summed E-state index contributed by atoms with van der Waals surface area (Å²) in [5.74, 6) is 0.920. The van der Waals surface area contributed by atoms with Crippen molar-refractivity contribution in [2.75, 3.05) is 32.7 Å². The molecule has 114 valence electrons. The summed E-state index contributed by atoms with van der Waals surface area (Å²) in [5, 5.41) is 3.23. The van der Waals surface area contributed by atoms with Crippen molar-refractivity contribution in [3.8, 4) is 0 Å². The van der Waals surface area contributed by atoms with E-state index in [1.165, 1.54) is 0 Å². The van der Waals surface area contributed by atoms with Crippen molar-refractivity contribution in [2.24, 2.45) is 11.8 Å². The van der Waals surface area contributed by atoms with E-state index in [-0.39, 0.29) is 18.4 Å². The van der Waals surface area contributed by atoms with Crippen LogP contribution in [0.1, 0.15) is 27.2 Å². The van der Waals surface area contributed by atoms with Gasteiger partial charge in [0.05, 0.1) is 0 Å². The fraction of sp³-hybridized carbons (Fsp3) is 1.00. The van der Waals surface area contributed by atoms with E-state index in [1.54, 1.807) is 8.61 Å². The van der Waals surface area contributed by atoms with E-state index in [0.717, 1.165) is 19.5 Å². The molecule has 1 N–H and O–H groups in total. The van der Waals surface area contributed by atoms with Gasteiger partial charge in [0.2, 0.25) is 0 Å². The van der Waals surface area contributed by atoms with Gasteiger partial charge < -0.3 is 5.32 Å². The maximum atomic E-state index is 12.7. The zero-order valence-corrected chi connectivity index (χ0v) is 13.6. The molecule has 7 heteroatoms. The van der Waals surface area contributed by atoms with Gasteiger partial charge in [-0.05, 0) is 25.2 Å². The summed E-state index contributed by atoms with van der Waals surface area (Å²) in [6.45, 7) is 9.68. The standard InChI is InChI=1S/C12H25N3O2S.ClH/c1-10-6-11(2)9-14(8-10)18(16,17)15-5-4-13-7-12(15)3;/h10-13H,4-9H2,1-3H3;1H/t10?,11?,12-;/m0./s1. The van der Waals surface area contributed by atoms with Crippen LogP contribution in [0.25, 0.3) is 0 Å².